The van der Waals surface area contributed by atoms with Gasteiger partial charge < -0.3 is 0 Å². The minimum absolute atomic E-state index is 0.319. The smallest absolute Gasteiger partial charge is 0.295 e. The van der Waals surface area contributed by atoms with Crippen molar-refractivity contribution < 1.29 is 30.3 Å². The van der Waals surface area contributed by atoms with E-state index in [0.29, 0.717) is 6.07 Å². The van der Waals surface area contributed by atoms with Crippen molar-refractivity contribution in [3.05, 3.63) is 22.3 Å². The maximum Gasteiger partial charge on any atom is 0.417 e. The van der Waals surface area contributed by atoms with E-state index < -0.39 is 46.1 Å². The van der Waals surface area contributed by atoms with E-state index in [2.05, 4.69) is 20.9 Å². The monoisotopic (exact) mass is 390 g/mol. The van der Waals surface area contributed by atoms with Gasteiger partial charge in [0.15, 0.2) is 0 Å². The van der Waals surface area contributed by atoms with Crippen LogP contribution in [0.2, 0.25) is 0 Å². The van der Waals surface area contributed by atoms with Crippen LogP contribution in [0.15, 0.2) is 16.7 Å². The first-order valence-corrected chi connectivity index (χ1v) is 7.70. The molecule has 0 saturated carbocycles. The lowest BCUT2D eigenvalue weighted by atomic mass is 10.2. The number of aromatic nitrogens is 1. The van der Waals surface area contributed by atoms with E-state index in [1.165, 1.54) is 0 Å². The average molecular weight is 391 g/mol. The van der Waals surface area contributed by atoms with Gasteiger partial charge in [-0.2, -0.15) is 21.6 Å². The van der Waals surface area contributed by atoms with Gasteiger partial charge in [-0.05, 0) is 22.0 Å². The van der Waals surface area contributed by atoms with Crippen LogP contribution in [0.5, 0.6) is 0 Å². The first kappa shape index (κ1) is 16.1. The van der Waals surface area contributed by atoms with Gasteiger partial charge in [0, 0.05) is 23.6 Å². The van der Waals surface area contributed by atoms with E-state index in [-0.39, 0.29) is 10.3 Å². The molecule has 0 spiro atoms. The third kappa shape index (κ3) is 3.34. The summed E-state index contributed by atoms with van der Waals surface area (Å²) in [6.07, 6.45) is -4.45. The molecule has 0 radical (unpaired) electrons. The number of carbonyl (C=O) groups excluding carboxylic acids is 1. The van der Waals surface area contributed by atoms with Gasteiger partial charge in [0.2, 0.25) is 5.91 Å². The number of rotatable bonds is 2. The summed E-state index contributed by atoms with van der Waals surface area (Å²) in [7, 11) is -4.94. The van der Waals surface area contributed by atoms with Crippen LogP contribution in [0.25, 0.3) is 0 Å². The number of anilines is 1. The van der Waals surface area contributed by atoms with Gasteiger partial charge in [0.1, 0.15) is 11.1 Å². The van der Waals surface area contributed by atoms with Crippen LogP contribution in [0.4, 0.5) is 22.9 Å². The molecule has 0 aromatic carbocycles. The molecule has 1 aliphatic heterocycles. The Hall–Kier alpha value is -1.23. The van der Waals surface area contributed by atoms with E-state index in [9.17, 15) is 30.3 Å². The molecular weight excluding hydrogens is 384 g/mol. The van der Waals surface area contributed by atoms with Crippen molar-refractivity contribution in [1.29, 1.82) is 0 Å². The molecule has 1 aromatic rings. The Morgan fingerprint density at radius 3 is 2.48 bits per heavy atom. The highest BCUT2D eigenvalue weighted by atomic mass is 79.9. The van der Waals surface area contributed by atoms with Crippen LogP contribution >= 0.6 is 15.9 Å². The maximum atomic E-state index is 12.9. The van der Waals surface area contributed by atoms with Gasteiger partial charge >= 0.3 is 16.4 Å². The minimum Gasteiger partial charge on any atom is -0.295 e. The third-order valence-electron chi connectivity index (χ3n) is 2.91. The topological polar surface area (TPSA) is 67.3 Å². The zero-order chi connectivity index (χ0) is 16.0. The van der Waals surface area contributed by atoms with Crippen molar-refractivity contribution in [1.82, 2.24) is 4.98 Å². The highest BCUT2D eigenvalue weighted by Crippen LogP contribution is 2.37. The molecule has 0 bridgehead atoms. The van der Waals surface area contributed by atoms with Gasteiger partial charge in [-0.15, -0.1) is 3.89 Å². The SMILES string of the molecule is O=C1CC(S(=O)(=O)F)CN1c1cc(C(F)(F)F)c(Br)cn1. The summed E-state index contributed by atoms with van der Waals surface area (Å²) >= 11 is 2.69. The van der Waals surface area contributed by atoms with Gasteiger partial charge in [-0.25, -0.2) is 4.98 Å². The second kappa shape index (κ2) is 5.20. The largest absolute Gasteiger partial charge is 0.417 e. The molecule has 116 valence electrons. The van der Waals surface area contributed by atoms with E-state index in [1.807, 2.05) is 0 Å². The normalized spacial score (nSPS) is 20.1. The van der Waals surface area contributed by atoms with E-state index in [1.54, 1.807) is 0 Å². The average Bonchev–Trinajstić information content (AvgIpc) is 2.70. The lowest BCUT2D eigenvalue weighted by Crippen LogP contribution is -2.28. The van der Waals surface area contributed by atoms with Crippen molar-refractivity contribution in [3.8, 4) is 0 Å². The minimum atomic E-state index is -4.94. The molecule has 0 aliphatic carbocycles. The zero-order valence-corrected chi connectivity index (χ0v) is 12.5. The van der Waals surface area contributed by atoms with Crippen LogP contribution in [0, 0.1) is 0 Å². The zero-order valence-electron chi connectivity index (χ0n) is 10.1. The first-order chi connectivity index (χ1) is 9.50. The second-order valence-electron chi connectivity index (χ2n) is 4.33. The molecular formula is C10H7BrF4N2O3S. The molecule has 2 rings (SSSR count). The van der Waals surface area contributed by atoms with Crippen molar-refractivity contribution in [2.75, 3.05) is 11.4 Å². The quantitative estimate of drug-likeness (QED) is 0.573. The van der Waals surface area contributed by atoms with Crippen LogP contribution in [0.3, 0.4) is 0 Å². The molecule has 1 aromatic heterocycles. The number of hydrogen-bond acceptors (Lipinski definition) is 4. The van der Waals surface area contributed by atoms with E-state index >= 15 is 0 Å². The summed E-state index contributed by atoms with van der Waals surface area (Å²) in [6.45, 7) is -0.566. The molecule has 1 aliphatic rings. The second-order valence-corrected chi connectivity index (χ2v) is 6.80. The summed E-state index contributed by atoms with van der Waals surface area (Å²) in [5.74, 6) is -1.18. The molecule has 2 heterocycles. The van der Waals surface area contributed by atoms with Gasteiger partial charge in [-0.1, -0.05) is 0 Å². The van der Waals surface area contributed by atoms with Gasteiger partial charge in [-0.3, -0.25) is 9.69 Å². The summed E-state index contributed by atoms with van der Waals surface area (Å²) < 4.78 is 72.4. The molecule has 1 unspecified atom stereocenters. The van der Waals surface area contributed by atoms with Crippen molar-refractivity contribution in [2.24, 2.45) is 0 Å². The highest BCUT2D eigenvalue weighted by Gasteiger charge is 2.41. The molecule has 5 nitrogen and oxygen atoms in total. The number of nitrogens with zero attached hydrogens (tertiary/aromatic N) is 2. The predicted molar refractivity (Wildman–Crippen MR) is 67.7 cm³/mol. The number of halogens is 5. The number of hydrogen-bond donors (Lipinski definition) is 0. The Morgan fingerprint density at radius 1 is 1.38 bits per heavy atom. The fraction of sp³-hybridized carbons (Fsp3) is 0.400. The summed E-state index contributed by atoms with van der Waals surface area (Å²) in [6, 6.07) is 0.606. The Labute approximate surface area is 125 Å². The van der Waals surface area contributed by atoms with E-state index in [4.69, 9.17) is 0 Å². The van der Waals surface area contributed by atoms with Crippen LogP contribution in [0.1, 0.15) is 12.0 Å². The standard InChI is InChI=1S/C10H7BrF4N2O3S/c11-7-3-16-8(2-6(7)10(12,13)14)17-4-5(1-9(17)18)21(15,19)20/h2-3,5H,1,4H2. The van der Waals surface area contributed by atoms with Crippen molar-refractivity contribution in [3.63, 3.8) is 0 Å². The number of pyridine rings is 1. The lowest BCUT2D eigenvalue weighted by Gasteiger charge is -2.17. The molecule has 1 amide bonds. The molecule has 1 saturated heterocycles. The Morgan fingerprint density at radius 2 is 2.00 bits per heavy atom. The highest BCUT2D eigenvalue weighted by molar-refractivity contribution is 9.10. The molecule has 11 heteroatoms. The van der Waals surface area contributed by atoms with Crippen LogP contribution < -0.4 is 4.90 Å². The number of carbonyl (C=O) groups is 1. The Kier molecular flexibility index (Phi) is 4.00. The Balaban J connectivity index is 2.38. The summed E-state index contributed by atoms with van der Waals surface area (Å²) in [4.78, 5) is 16.0. The third-order valence-corrected chi connectivity index (χ3v) is 4.65. The number of alkyl halides is 3. The molecule has 21 heavy (non-hydrogen) atoms. The first-order valence-electron chi connectivity index (χ1n) is 5.46. The molecule has 1 atom stereocenters. The number of amides is 1. The fourth-order valence-corrected chi connectivity index (χ4v) is 2.99. The van der Waals surface area contributed by atoms with Gasteiger partial charge in [0.05, 0.1) is 5.56 Å². The van der Waals surface area contributed by atoms with Crippen molar-refractivity contribution >= 4 is 37.9 Å². The lowest BCUT2D eigenvalue weighted by molar-refractivity contribution is -0.138. The predicted octanol–water partition coefficient (Wildman–Crippen LogP) is 2.27. The Bertz CT molecular complexity index is 692. The summed E-state index contributed by atoms with van der Waals surface area (Å²) in [5.41, 5.74) is -1.06. The van der Waals surface area contributed by atoms with Crippen LogP contribution in [-0.2, 0) is 21.2 Å². The van der Waals surface area contributed by atoms with Crippen LogP contribution in [-0.4, -0.2) is 31.1 Å². The van der Waals surface area contributed by atoms with Gasteiger partial charge in [0.25, 0.3) is 0 Å². The summed E-state index contributed by atoms with van der Waals surface area (Å²) in [5, 5.41) is -1.59. The molecule has 1 fully saturated rings. The fourth-order valence-electron chi connectivity index (χ4n) is 1.88. The van der Waals surface area contributed by atoms with Crippen molar-refractivity contribution in [2.45, 2.75) is 17.8 Å². The maximum absolute atomic E-state index is 12.9. The molecule has 0 N–H and O–H groups in total. The van der Waals surface area contributed by atoms with E-state index in [0.717, 1.165) is 11.1 Å².